The van der Waals surface area contributed by atoms with Crippen molar-refractivity contribution in [2.24, 2.45) is 0 Å². The number of aromatic hydroxyl groups is 1. The van der Waals surface area contributed by atoms with Gasteiger partial charge in [-0.3, -0.25) is 0 Å². The lowest BCUT2D eigenvalue weighted by Gasteiger charge is -2.06. The summed E-state index contributed by atoms with van der Waals surface area (Å²) in [6, 6.07) is 5.18. The van der Waals surface area contributed by atoms with E-state index in [2.05, 4.69) is 19.9 Å². The van der Waals surface area contributed by atoms with Gasteiger partial charge in [0.2, 0.25) is 5.95 Å². The second-order valence-corrected chi connectivity index (χ2v) is 4.40. The van der Waals surface area contributed by atoms with Crippen LogP contribution in [0.2, 0.25) is 0 Å². The first kappa shape index (κ1) is 12.1. The van der Waals surface area contributed by atoms with Crippen molar-refractivity contribution < 1.29 is 5.11 Å². The molecule has 5 N–H and O–H groups in total. The molecule has 0 fully saturated rings. The molecule has 0 saturated carbocycles. The van der Waals surface area contributed by atoms with E-state index in [1.54, 1.807) is 18.3 Å². The van der Waals surface area contributed by atoms with E-state index in [9.17, 15) is 5.11 Å². The molecule has 0 radical (unpaired) electrons. The normalized spacial score (nSPS) is 10.8. The first-order valence-corrected chi connectivity index (χ1v) is 5.90. The van der Waals surface area contributed by atoms with Gasteiger partial charge in [-0.25, -0.2) is 9.97 Å². The maximum atomic E-state index is 9.55. The minimum absolute atomic E-state index is 0.0586. The summed E-state index contributed by atoms with van der Waals surface area (Å²) >= 11 is 0. The average Bonchev–Trinajstić information content (AvgIpc) is 2.41. The average molecular weight is 268 g/mol. The number of hydrogen-bond acceptors (Lipinski definition) is 7. The van der Waals surface area contributed by atoms with Gasteiger partial charge in [0, 0.05) is 5.56 Å². The lowest BCUT2D eigenvalue weighted by Crippen LogP contribution is -2.03. The zero-order valence-electron chi connectivity index (χ0n) is 10.7. The van der Waals surface area contributed by atoms with E-state index in [0.29, 0.717) is 16.9 Å². The van der Waals surface area contributed by atoms with E-state index in [1.165, 1.54) is 0 Å². The third-order valence-corrected chi connectivity index (χ3v) is 2.94. The summed E-state index contributed by atoms with van der Waals surface area (Å²) in [6.45, 7) is 1.81. The minimum Gasteiger partial charge on any atom is -0.508 e. The van der Waals surface area contributed by atoms with Crippen LogP contribution in [-0.4, -0.2) is 25.0 Å². The molecule has 0 saturated heterocycles. The number of nitrogen functional groups attached to an aromatic ring is 2. The highest BCUT2D eigenvalue weighted by Crippen LogP contribution is 2.25. The molecule has 7 heteroatoms. The predicted octanol–water partition coefficient (Wildman–Crippen LogP) is 1.27. The van der Waals surface area contributed by atoms with Crippen LogP contribution in [0.5, 0.6) is 5.75 Å². The number of benzene rings is 1. The van der Waals surface area contributed by atoms with Crippen molar-refractivity contribution in [1.29, 1.82) is 0 Å². The van der Waals surface area contributed by atoms with Gasteiger partial charge in [0.25, 0.3) is 0 Å². The van der Waals surface area contributed by atoms with Crippen LogP contribution in [0, 0.1) is 6.92 Å². The molecule has 0 unspecified atom stereocenters. The highest BCUT2D eigenvalue weighted by atomic mass is 16.3. The Labute approximate surface area is 114 Å². The molecule has 0 aliphatic heterocycles. The molecule has 7 nitrogen and oxygen atoms in total. The number of aromatic nitrogens is 4. The van der Waals surface area contributed by atoms with Gasteiger partial charge in [-0.15, -0.1) is 0 Å². The molecule has 100 valence electrons. The summed E-state index contributed by atoms with van der Waals surface area (Å²) < 4.78 is 0. The summed E-state index contributed by atoms with van der Waals surface area (Å²) in [5.74, 6) is 0.495. The van der Waals surface area contributed by atoms with Crippen molar-refractivity contribution >= 4 is 22.9 Å². The van der Waals surface area contributed by atoms with E-state index < -0.39 is 0 Å². The van der Waals surface area contributed by atoms with Crippen LogP contribution >= 0.6 is 0 Å². The number of rotatable bonds is 1. The van der Waals surface area contributed by atoms with Crippen LogP contribution in [0.25, 0.3) is 22.4 Å². The second kappa shape index (κ2) is 4.30. The number of phenolic OH excluding ortho intramolecular Hbond substituents is 1. The fraction of sp³-hybridized carbons (Fsp3) is 0.0769. The standard InChI is InChI=1S/C13H12N6O/c1-6-4-7(2-3-9(6)20)8-5-16-10-11(14)18-13(15)19-12(10)17-8/h2-5,20H,1H3,(H4,14,15,17,18,19). The largest absolute Gasteiger partial charge is 0.508 e. The molecule has 20 heavy (non-hydrogen) atoms. The monoisotopic (exact) mass is 268 g/mol. The van der Waals surface area contributed by atoms with Crippen molar-refractivity contribution in [2.75, 3.05) is 11.5 Å². The van der Waals surface area contributed by atoms with Crippen molar-refractivity contribution in [3.05, 3.63) is 30.0 Å². The Balaban J connectivity index is 2.19. The van der Waals surface area contributed by atoms with E-state index in [0.717, 1.165) is 11.1 Å². The SMILES string of the molecule is Cc1cc(-c2cnc3c(N)nc(N)nc3n2)ccc1O. The molecule has 2 aromatic heterocycles. The van der Waals surface area contributed by atoms with Gasteiger partial charge in [0.15, 0.2) is 11.5 Å². The van der Waals surface area contributed by atoms with Gasteiger partial charge in [-0.05, 0) is 30.7 Å². The Bertz CT molecular complexity index is 817. The molecule has 0 aliphatic carbocycles. The molecule has 0 amide bonds. The fourth-order valence-corrected chi connectivity index (χ4v) is 1.90. The number of nitrogens with zero attached hydrogens (tertiary/aromatic N) is 4. The topological polar surface area (TPSA) is 124 Å². The molecule has 3 aromatic rings. The third-order valence-electron chi connectivity index (χ3n) is 2.94. The van der Waals surface area contributed by atoms with Crippen molar-refractivity contribution in [2.45, 2.75) is 6.92 Å². The maximum Gasteiger partial charge on any atom is 0.224 e. The number of nitrogens with two attached hydrogens (primary N) is 2. The molecule has 0 bridgehead atoms. The van der Waals surface area contributed by atoms with Gasteiger partial charge in [-0.1, -0.05) is 0 Å². The molecule has 2 heterocycles. The van der Waals surface area contributed by atoms with Crippen LogP contribution in [0.1, 0.15) is 5.56 Å². The maximum absolute atomic E-state index is 9.55. The highest BCUT2D eigenvalue weighted by molar-refractivity contribution is 5.83. The molecule has 3 rings (SSSR count). The van der Waals surface area contributed by atoms with Crippen LogP contribution < -0.4 is 11.5 Å². The van der Waals surface area contributed by atoms with Crippen LogP contribution in [0.4, 0.5) is 11.8 Å². The Morgan fingerprint density at radius 2 is 1.90 bits per heavy atom. The number of phenols is 1. The summed E-state index contributed by atoms with van der Waals surface area (Å²) in [5.41, 5.74) is 14.2. The number of fused-ring (bicyclic) bond motifs is 1. The summed E-state index contributed by atoms with van der Waals surface area (Å²) in [7, 11) is 0. The number of hydrogen-bond donors (Lipinski definition) is 3. The smallest absolute Gasteiger partial charge is 0.224 e. The van der Waals surface area contributed by atoms with E-state index in [1.807, 2.05) is 13.0 Å². The van der Waals surface area contributed by atoms with Gasteiger partial charge in [-0.2, -0.15) is 9.97 Å². The van der Waals surface area contributed by atoms with Crippen molar-refractivity contribution in [3.8, 4) is 17.0 Å². The molecule has 0 atom stereocenters. The number of aryl methyl sites for hydroxylation is 1. The Hall–Kier alpha value is -2.96. The second-order valence-electron chi connectivity index (χ2n) is 4.40. The quantitative estimate of drug-likeness (QED) is 0.607. The third kappa shape index (κ3) is 1.95. The fourth-order valence-electron chi connectivity index (χ4n) is 1.90. The van der Waals surface area contributed by atoms with Crippen molar-refractivity contribution in [3.63, 3.8) is 0 Å². The van der Waals surface area contributed by atoms with Gasteiger partial charge < -0.3 is 16.6 Å². The van der Waals surface area contributed by atoms with Gasteiger partial charge in [0.05, 0.1) is 11.9 Å². The first-order chi connectivity index (χ1) is 9.54. The highest BCUT2D eigenvalue weighted by Gasteiger charge is 2.09. The van der Waals surface area contributed by atoms with Crippen LogP contribution in [-0.2, 0) is 0 Å². The molecule has 0 spiro atoms. The number of anilines is 2. The summed E-state index contributed by atoms with van der Waals surface area (Å²) in [5, 5.41) is 9.55. The molecule has 1 aromatic carbocycles. The van der Waals surface area contributed by atoms with E-state index >= 15 is 0 Å². The Morgan fingerprint density at radius 1 is 1.10 bits per heavy atom. The Kier molecular flexibility index (Phi) is 2.60. The van der Waals surface area contributed by atoms with Crippen LogP contribution in [0.15, 0.2) is 24.4 Å². The zero-order valence-corrected chi connectivity index (χ0v) is 10.7. The lowest BCUT2D eigenvalue weighted by molar-refractivity contribution is 0.471. The molecular formula is C13H12N6O. The molecule has 0 aliphatic rings. The van der Waals surface area contributed by atoms with E-state index in [-0.39, 0.29) is 17.5 Å². The lowest BCUT2D eigenvalue weighted by atomic mass is 10.1. The van der Waals surface area contributed by atoms with Crippen molar-refractivity contribution in [1.82, 2.24) is 19.9 Å². The minimum atomic E-state index is 0.0586. The van der Waals surface area contributed by atoms with Gasteiger partial charge >= 0.3 is 0 Å². The van der Waals surface area contributed by atoms with E-state index in [4.69, 9.17) is 11.5 Å². The zero-order chi connectivity index (χ0) is 14.3. The van der Waals surface area contributed by atoms with Crippen LogP contribution in [0.3, 0.4) is 0 Å². The predicted molar refractivity (Wildman–Crippen MR) is 75.8 cm³/mol. The summed E-state index contributed by atoms with van der Waals surface area (Å²) in [6.07, 6.45) is 1.59. The summed E-state index contributed by atoms with van der Waals surface area (Å²) in [4.78, 5) is 16.5. The van der Waals surface area contributed by atoms with Gasteiger partial charge in [0.1, 0.15) is 11.3 Å². The molecular weight excluding hydrogens is 256 g/mol. The Morgan fingerprint density at radius 3 is 2.65 bits per heavy atom. The first-order valence-electron chi connectivity index (χ1n) is 5.90.